The Morgan fingerprint density at radius 2 is 1.70 bits per heavy atom. The third kappa shape index (κ3) is 4.32. The molecule has 0 radical (unpaired) electrons. The van der Waals surface area contributed by atoms with Crippen molar-refractivity contribution in [2.24, 2.45) is 0 Å². The SMILES string of the molecule is CCC(NCC1(O)CCCCCC1)c1ccc(C)cc1. The smallest absolute Gasteiger partial charge is 0.0771 e. The summed E-state index contributed by atoms with van der Waals surface area (Å²) in [4.78, 5) is 0. The number of aryl methyl sites for hydroxylation is 1. The Morgan fingerprint density at radius 1 is 1.10 bits per heavy atom. The van der Waals surface area contributed by atoms with Crippen LogP contribution >= 0.6 is 0 Å². The van der Waals surface area contributed by atoms with Crippen LogP contribution in [-0.4, -0.2) is 17.3 Å². The van der Waals surface area contributed by atoms with Crippen molar-refractivity contribution in [2.75, 3.05) is 6.54 Å². The lowest BCUT2D eigenvalue weighted by Crippen LogP contribution is -2.41. The van der Waals surface area contributed by atoms with Crippen molar-refractivity contribution in [3.8, 4) is 0 Å². The Kier molecular flexibility index (Phi) is 5.62. The van der Waals surface area contributed by atoms with Crippen LogP contribution in [0.25, 0.3) is 0 Å². The zero-order chi connectivity index (χ0) is 14.4. The maximum absolute atomic E-state index is 10.7. The van der Waals surface area contributed by atoms with Crippen molar-refractivity contribution in [1.82, 2.24) is 5.32 Å². The molecular formula is C18H29NO. The fraction of sp³-hybridized carbons (Fsp3) is 0.667. The molecule has 2 rings (SSSR count). The van der Waals surface area contributed by atoms with Gasteiger partial charge in [-0.15, -0.1) is 0 Å². The van der Waals surface area contributed by atoms with Crippen molar-refractivity contribution in [1.29, 1.82) is 0 Å². The molecule has 1 aliphatic carbocycles. The summed E-state index contributed by atoms with van der Waals surface area (Å²) in [6, 6.07) is 9.09. The fourth-order valence-corrected chi connectivity index (χ4v) is 3.17. The van der Waals surface area contributed by atoms with E-state index in [-0.39, 0.29) is 0 Å². The average molecular weight is 275 g/mol. The summed E-state index contributed by atoms with van der Waals surface area (Å²) in [5.74, 6) is 0. The van der Waals surface area contributed by atoms with Gasteiger partial charge in [-0.3, -0.25) is 0 Å². The number of benzene rings is 1. The van der Waals surface area contributed by atoms with Gasteiger partial charge in [0.2, 0.25) is 0 Å². The quantitative estimate of drug-likeness (QED) is 0.792. The second kappa shape index (κ2) is 7.24. The lowest BCUT2D eigenvalue weighted by atomic mass is 9.93. The predicted octanol–water partition coefficient (Wildman–Crippen LogP) is 4.12. The molecule has 1 aliphatic rings. The first kappa shape index (κ1) is 15.5. The number of hydrogen-bond acceptors (Lipinski definition) is 2. The minimum atomic E-state index is -0.491. The van der Waals surface area contributed by atoms with Crippen LogP contribution in [0.1, 0.15) is 69.0 Å². The Morgan fingerprint density at radius 3 is 2.25 bits per heavy atom. The van der Waals surface area contributed by atoms with E-state index < -0.39 is 5.60 Å². The van der Waals surface area contributed by atoms with Crippen LogP contribution in [0.5, 0.6) is 0 Å². The van der Waals surface area contributed by atoms with Gasteiger partial charge in [-0.2, -0.15) is 0 Å². The average Bonchev–Trinajstić information content (AvgIpc) is 2.67. The third-order valence-electron chi connectivity index (χ3n) is 4.60. The molecule has 0 spiro atoms. The first-order valence-electron chi connectivity index (χ1n) is 8.15. The van der Waals surface area contributed by atoms with E-state index in [1.165, 1.54) is 36.8 Å². The van der Waals surface area contributed by atoms with E-state index in [4.69, 9.17) is 0 Å². The molecule has 0 aromatic heterocycles. The number of rotatable bonds is 5. The van der Waals surface area contributed by atoms with E-state index in [0.29, 0.717) is 6.04 Å². The molecular weight excluding hydrogens is 246 g/mol. The first-order valence-corrected chi connectivity index (χ1v) is 8.15. The fourth-order valence-electron chi connectivity index (χ4n) is 3.17. The summed E-state index contributed by atoms with van der Waals surface area (Å²) < 4.78 is 0. The van der Waals surface area contributed by atoms with E-state index >= 15 is 0 Å². The standard InChI is InChI=1S/C18H29NO/c1-3-17(16-10-8-15(2)9-11-16)19-14-18(20)12-6-4-5-7-13-18/h8-11,17,19-20H,3-7,12-14H2,1-2H3. The Hall–Kier alpha value is -0.860. The van der Waals surface area contributed by atoms with Crippen LogP contribution < -0.4 is 5.32 Å². The van der Waals surface area contributed by atoms with Crippen molar-refractivity contribution < 1.29 is 5.11 Å². The minimum absolute atomic E-state index is 0.350. The Bertz CT molecular complexity index is 390. The molecule has 0 bridgehead atoms. The van der Waals surface area contributed by atoms with Crippen LogP contribution in [0.3, 0.4) is 0 Å². The van der Waals surface area contributed by atoms with Crippen LogP contribution in [0, 0.1) is 6.92 Å². The highest BCUT2D eigenvalue weighted by atomic mass is 16.3. The first-order chi connectivity index (χ1) is 9.63. The molecule has 0 aliphatic heterocycles. The highest BCUT2D eigenvalue weighted by Gasteiger charge is 2.28. The zero-order valence-corrected chi connectivity index (χ0v) is 13.0. The molecule has 1 atom stereocenters. The van der Waals surface area contributed by atoms with E-state index in [1.54, 1.807) is 0 Å². The van der Waals surface area contributed by atoms with Crippen molar-refractivity contribution in [3.05, 3.63) is 35.4 Å². The summed E-state index contributed by atoms with van der Waals surface area (Å²) in [5.41, 5.74) is 2.13. The van der Waals surface area contributed by atoms with E-state index in [9.17, 15) is 5.11 Å². The zero-order valence-electron chi connectivity index (χ0n) is 13.0. The molecule has 0 heterocycles. The number of aliphatic hydroxyl groups is 1. The summed E-state index contributed by atoms with van der Waals surface area (Å²) in [7, 11) is 0. The molecule has 2 nitrogen and oxygen atoms in total. The Labute approximate surface area is 123 Å². The monoisotopic (exact) mass is 275 g/mol. The van der Waals surface area contributed by atoms with E-state index in [2.05, 4.69) is 43.4 Å². The lowest BCUT2D eigenvalue weighted by Gasteiger charge is -2.29. The van der Waals surface area contributed by atoms with E-state index in [1.807, 2.05) is 0 Å². The number of hydrogen-bond donors (Lipinski definition) is 2. The predicted molar refractivity (Wildman–Crippen MR) is 84.9 cm³/mol. The van der Waals surface area contributed by atoms with Gasteiger partial charge in [0.05, 0.1) is 5.60 Å². The molecule has 1 aromatic rings. The van der Waals surface area contributed by atoms with Crippen LogP contribution in [0.4, 0.5) is 0 Å². The lowest BCUT2D eigenvalue weighted by molar-refractivity contribution is 0.0225. The van der Waals surface area contributed by atoms with Gasteiger partial charge in [-0.25, -0.2) is 0 Å². The van der Waals surface area contributed by atoms with Gasteiger partial charge in [0.15, 0.2) is 0 Å². The summed E-state index contributed by atoms with van der Waals surface area (Å²) in [5, 5.41) is 14.3. The molecule has 1 saturated carbocycles. The molecule has 0 saturated heterocycles. The maximum atomic E-state index is 10.7. The molecule has 1 aromatic carbocycles. The summed E-state index contributed by atoms with van der Waals surface area (Å²) >= 11 is 0. The van der Waals surface area contributed by atoms with Crippen molar-refractivity contribution in [3.63, 3.8) is 0 Å². The van der Waals surface area contributed by atoms with Gasteiger partial charge in [-0.05, 0) is 31.7 Å². The molecule has 1 unspecified atom stereocenters. The summed E-state index contributed by atoms with van der Waals surface area (Å²) in [6.07, 6.45) is 7.84. The van der Waals surface area contributed by atoms with Crippen molar-refractivity contribution >= 4 is 0 Å². The van der Waals surface area contributed by atoms with Crippen LogP contribution in [0.2, 0.25) is 0 Å². The van der Waals surface area contributed by atoms with Gasteiger partial charge in [0.1, 0.15) is 0 Å². The normalized spacial score (nSPS) is 20.4. The summed E-state index contributed by atoms with van der Waals surface area (Å²) in [6.45, 7) is 5.04. The third-order valence-corrected chi connectivity index (χ3v) is 4.60. The second-order valence-corrected chi connectivity index (χ2v) is 6.39. The molecule has 2 N–H and O–H groups in total. The molecule has 112 valence electrons. The maximum Gasteiger partial charge on any atom is 0.0771 e. The van der Waals surface area contributed by atoms with Crippen LogP contribution in [-0.2, 0) is 0 Å². The Balaban J connectivity index is 1.94. The van der Waals surface area contributed by atoms with Crippen LogP contribution in [0.15, 0.2) is 24.3 Å². The van der Waals surface area contributed by atoms with Gasteiger partial charge in [-0.1, -0.05) is 62.4 Å². The second-order valence-electron chi connectivity index (χ2n) is 6.39. The molecule has 0 amide bonds. The van der Waals surface area contributed by atoms with E-state index in [0.717, 1.165) is 25.8 Å². The largest absolute Gasteiger partial charge is 0.389 e. The van der Waals surface area contributed by atoms with Crippen molar-refractivity contribution in [2.45, 2.75) is 70.4 Å². The number of nitrogens with one attached hydrogen (secondary N) is 1. The molecule has 2 heteroatoms. The van der Waals surface area contributed by atoms with Gasteiger partial charge < -0.3 is 10.4 Å². The molecule has 1 fully saturated rings. The van der Waals surface area contributed by atoms with Gasteiger partial charge in [0, 0.05) is 12.6 Å². The van der Waals surface area contributed by atoms with Gasteiger partial charge >= 0.3 is 0 Å². The molecule has 20 heavy (non-hydrogen) atoms. The minimum Gasteiger partial charge on any atom is -0.389 e. The van der Waals surface area contributed by atoms with Gasteiger partial charge in [0.25, 0.3) is 0 Å². The highest BCUT2D eigenvalue weighted by molar-refractivity contribution is 5.24. The highest BCUT2D eigenvalue weighted by Crippen LogP contribution is 2.27. The topological polar surface area (TPSA) is 32.3 Å².